The Labute approximate surface area is 153 Å². The second-order valence-electron chi connectivity index (χ2n) is 6.12. The molecule has 7 nitrogen and oxygen atoms in total. The van der Waals surface area contributed by atoms with E-state index in [-0.39, 0.29) is 24.3 Å². The van der Waals surface area contributed by atoms with Gasteiger partial charge in [-0.3, -0.25) is 0 Å². The van der Waals surface area contributed by atoms with Crippen molar-refractivity contribution >= 4 is 11.9 Å². The molecular weight excluding hydrogens is 338 g/mol. The number of rotatable bonds is 11. The van der Waals surface area contributed by atoms with Gasteiger partial charge in [-0.15, -0.1) is 0 Å². The second-order valence-corrected chi connectivity index (χ2v) is 6.12. The first-order valence-electron chi connectivity index (χ1n) is 8.57. The van der Waals surface area contributed by atoms with Gasteiger partial charge in [-0.2, -0.15) is 5.48 Å². The van der Waals surface area contributed by atoms with E-state index >= 15 is 0 Å². The average molecular weight is 365 g/mol. The summed E-state index contributed by atoms with van der Waals surface area (Å²) < 4.78 is 5.85. The van der Waals surface area contributed by atoms with Crippen LogP contribution in [-0.2, 0) is 19.2 Å². The summed E-state index contributed by atoms with van der Waals surface area (Å²) in [5.74, 6) is -2.96. The number of aliphatic hydroxyl groups excluding tert-OH is 1. The van der Waals surface area contributed by atoms with E-state index in [2.05, 4.69) is 5.48 Å². The van der Waals surface area contributed by atoms with Crippen molar-refractivity contribution in [2.75, 3.05) is 13.2 Å². The Kier molecular flexibility index (Phi) is 9.57. The highest BCUT2D eigenvalue weighted by Crippen LogP contribution is 2.23. The van der Waals surface area contributed by atoms with Gasteiger partial charge in [0, 0.05) is 18.0 Å². The van der Waals surface area contributed by atoms with Crippen molar-refractivity contribution in [3.63, 3.8) is 0 Å². The van der Waals surface area contributed by atoms with Crippen LogP contribution in [0.5, 0.6) is 0 Å². The van der Waals surface area contributed by atoms with Crippen LogP contribution in [0.15, 0.2) is 42.0 Å². The number of benzene rings is 1. The molecule has 2 unspecified atom stereocenters. The largest absolute Gasteiger partial charge is 0.478 e. The first kappa shape index (κ1) is 21.8. The molecule has 0 heterocycles. The molecule has 0 saturated heterocycles. The zero-order chi connectivity index (χ0) is 19.5. The van der Waals surface area contributed by atoms with Gasteiger partial charge >= 0.3 is 11.9 Å². The smallest absolute Gasteiger partial charge is 0.353 e. The number of hydroxylamine groups is 1. The van der Waals surface area contributed by atoms with Crippen LogP contribution in [0, 0.1) is 5.92 Å². The van der Waals surface area contributed by atoms with Gasteiger partial charge in [-0.05, 0) is 25.8 Å². The lowest BCUT2D eigenvalue weighted by Crippen LogP contribution is -2.31. The van der Waals surface area contributed by atoms with E-state index in [1.807, 2.05) is 37.3 Å². The Balaban J connectivity index is 2.86. The van der Waals surface area contributed by atoms with Gasteiger partial charge in [0.25, 0.3) is 0 Å². The first-order valence-corrected chi connectivity index (χ1v) is 8.57. The Morgan fingerprint density at radius 3 is 2.38 bits per heavy atom. The fourth-order valence-electron chi connectivity index (χ4n) is 2.30. The summed E-state index contributed by atoms with van der Waals surface area (Å²) >= 11 is 0. The minimum Gasteiger partial charge on any atom is -0.478 e. The topological polar surface area (TPSA) is 105 Å². The summed E-state index contributed by atoms with van der Waals surface area (Å²) in [6, 6.07) is 9.42. The lowest BCUT2D eigenvalue weighted by molar-refractivity contribution is -0.149. The number of carboxylic acid groups (broad SMARTS) is 1. The predicted molar refractivity (Wildman–Crippen MR) is 96.1 cm³/mol. The summed E-state index contributed by atoms with van der Waals surface area (Å²) in [4.78, 5) is 28.1. The quantitative estimate of drug-likeness (QED) is 0.408. The van der Waals surface area contributed by atoms with Crippen LogP contribution < -0.4 is 5.48 Å². The van der Waals surface area contributed by atoms with Crippen molar-refractivity contribution in [1.29, 1.82) is 0 Å². The number of aliphatic hydroxyl groups is 1. The van der Waals surface area contributed by atoms with Crippen LogP contribution >= 0.6 is 0 Å². The zero-order valence-electron chi connectivity index (χ0n) is 15.3. The zero-order valence-corrected chi connectivity index (χ0v) is 15.3. The van der Waals surface area contributed by atoms with Gasteiger partial charge in [0.1, 0.15) is 0 Å². The third-order valence-corrected chi connectivity index (χ3v) is 3.60. The SMILES string of the molecule is CCC(OCC(CO)/C(=C/C(=O)O)C(=O)ONC(C)C)c1ccccc1. The Bertz CT molecular complexity index is 599. The lowest BCUT2D eigenvalue weighted by atomic mass is 10.00. The molecule has 1 aromatic rings. The van der Waals surface area contributed by atoms with Crippen molar-refractivity contribution in [3.05, 3.63) is 47.5 Å². The molecule has 0 aliphatic rings. The lowest BCUT2D eigenvalue weighted by Gasteiger charge is -2.22. The summed E-state index contributed by atoms with van der Waals surface area (Å²) in [7, 11) is 0. The Morgan fingerprint density at radius 2 is 1.88 bits per heavy atom. The monoisotopic (exact) mass is 365 g/mol. The number of carboxylic acids is 1. The molecule has 144 valence electrons. The highest BCUT2D eigenvalue weighted by molar-refractivity contribution is 5.96. The van der Waals surface area contributed by atoms with Gasteiger partial charge in [-0.25, -0.2) is 9.59 Å². The van der Waals surface area contributed by atoms with Crippen LogP contribution in [0.25, 0.3) is 0 Å². The van der Waals surface area contributed by atoms with Crippen molar-refractivity contribution in [3.8, 4) is 0 Å². The van der Waals surface area contributed by atoms with Gasteiger partial charge in [0.2, 0.25) is 0 Å². The number of hydrogen-bond acceptors (Lipinski definition) is 6. The predicted octanol–water partition coefficient (Wildman–Crippen LogP) is 2.23. The number of carbonyl (C=O) groups excluding carboxylic acids is 1. The maximum atomic E-state index is 12.2. The Morgan fingerprint density at radius 1 is 1.23 bits per heavy atom. The van der Waals surface area contributed by atoms with Gasteiger partial charge in [0.15, 0.2) is 0 Å². The molecule has 0 saturated carbocycles. The van der Waals surface area contributed by atoms with Crippen LogP contribution in [0.1, 0.15) is 38.9 Å². The number of carbonyl (C=O) groups is 2. The van der Waals surface area contributed by atoms with Crippen LogP contribution in [0.3, 0.4) is 0 Å². The number of nitrogens with one attached hydrogen (secondary N) is 1. The fraction of sp³-hybridized carbons (Fsp3) is 0.474. The maximum absolute atomic E-state index is 12.2. The maximum Gasteiger partial charge on any atom is 0.353 e. The number of ether oxygens (including phenoxy) is 1. The van der Waals surface area contributed by atoms with Crippen LogP contribution in [0.4, 0.5) is 0 Å². The molecule has 1 rings (SSSR count). The molecule has 7 heteroatoms. The summed E-state index contributed by atoms with van der Waals surface area (Å²) in [6.45, 7) is 5.04. The molecule has 2 atom stereocenters. The number of aliphatic carboxylic acids is 1. The highest BCUT2D eigenvalue weighted by Gasteiger charge is 2.25. The number of hydrogen-bond donors (Lipinski definition) is 3. The normalized spacial score (nSPS) is 14.1. The molecule has 0 aromatic heterocycles. The molecule has 0 aliphatic heterocycles. The molecule has 0 radical (unpaired) electrons. The second kappa shape index (κ2) is 11.4. The molecule has 0 spiro atoms. The summed E-state index contributed by atoms with van der Waals surface area (Å²) in [5, 5.41) is 18.7. The minimum atomic E-state index is -1.30. The van der Waals surface area contributed by atoms with Crippen LogP contribution in [0.2, 0.25) is 0 Å². The van der Waals surface area contributed by atoms with Gasteiger partial charge in [0.05, 0.1) is 24.9 Å². The molecule has 3 N–H and O–H groups in total. The fourth-order valence-corrected chi connectivity index (χ4v) is 2.30. The van der Waals surface area contributed by atoms with E-state index in [0.717, 1.165) is 11.6 Å². The Hall–Kier alpha value is -2.22. The average Bonchev–Trinajstić information content (AvgIpc) is 2.62. The van der Waals surface area contributed by atoms with Gasteiger partial charge in [-0.1, -0.05) is 37.3 Å². The van der Waals surface area contributed by atoms with E-state index in [9.17, 15) is 14.7 Å². The van der Waals surface area contributed by atoms with Gasteiger partial charge < -0.3 is 19.8 Å². The van der Waals surface area contributed by atoms with E-state index in [4.69, 9.17) is 14.7 Å². The molecule has 0 bridgehead atoms. The molecule has 0 fully saturated rings. The minimum absolute atomic E-state index is 0.0141. The van der Waals surface area contributed by atoms with Crippen molar-refractivity contribution < 1.29 is 29.4 Å². The molecule has 0 amide bonds. The molecule has 26 heavy (non-hydrogen) atoms. The van der Waals surface area contributed by atoms with Crippen LogP contribution in [-0.4, -0.2) is 41.4 Å². The summed E-state index contributed by atoms with van der Waals surface area (Å²) in [6.07, 6.45) is 1.22. The van der Waals surface area contributed by atoms with E-state index in [0.29, 0.717) is 6.42 Å². The molecular formula is C19H27NO6. The van der Waals surface area contributed by atoms with E-state index < -0.39 is 24.5 Å². The third-order valence-electron chi connectivity index (χ3n) is 3.60. The highest BCUT2D eigenvalue weighted by atomic mass is 16.7. The van der Waals surface area contributed by atoms with Crippen molar-refractivity contribution in [2.24, 2.45) is 5.92 Å². The standard InChI is InChI=1S/C19H27NO6/c1-4-17(14-8-6-5-7-9-14)25-12-15(11-21)16(10-18(22)23)19(24)26-20-13(2)3/h5-10,13,15,17,20-21H,4,11-12H2,1-3H3,(H,22,23)/b16-10-. The summed E-state index contributed by atoms with van der Waals surface area (Å²) in [5.41, 5.74) is 3.29. The van der Waals surface area contributed by atoms with Crippen molar-refractivity contribution in [2.45, 2.75) is 39.3 Å². The van der Waals surface area contributed by atoms with Crippen molar-refractivity contribution in [1.82, 2.24) is 5.48 Å². The first-order chi connectivity index (χ1) is 12.4. The van der Waals surface area contributed by atoms with E-state index in [1.165, 1.54) is 0 Å². The van der Waals surface area contributed by atoms with E-state index in [1.54, 1.807) is 13.8 Å². The third kappa shape index (κ3) is 7.35. The molecule has 1 aromatic carbocycles. The molecule has 0 aliphatic carbocycles.